The summed E-state index contributed by atoms with van der Waals surface area (Å²) in [7, 11) is -2.09. The third-order valence-corrected chi connectivity index (χ3v) is 3.44. The molecule has 0 unspecified atom stereocenters. The summed E-state index contributed by atoms with van der Waals surface area (Å²) in [6, 6.07) is 3.11. The van der Waals surface area contributed by atoms with Gasteiger partial charge in [0.25, 0.3) is 0 Å². The molecule has 1 aromatic carbocycles. The first kappa shape index (κ1) is 12.0. The van der Waals surface area contributed by atoms with Crippen molar-refractivity contribution in [1.82, 2.24) is 0 Å². The second kappa shape index (κ2) is 4.20. The molecular formula is C10H15NO3S. The van der Waals surface area contributed by atoms with Crippen LogP contribution in [0.2, 0.25) is 0 Å². The molecule has 15 heavy (non-hydrogen) atoms. The summed E-state index contributed by atoms with van der Waals surface area (Å²) in [4.78, 5) is 0.167. The van der Waals surface area contributed by atoms with Crippen LogP contribution in [0, 0.1) is 6.92 Å². The van der Waals surface area contributed by atoms with Crippen molar-refractivity contribution >= 4 is 10.0 Å². The summed E-state index contributed by atoms with van der Waals surface area (Å²) in [5.41, 5.74) is 1.54. The van der Waals surface area contributed by atoms with Crippen LogP contribution in [0.4, 0.5) is 0 Å². The number of sulfonamides is 1. The molecule has 0 aliphatic carbocycles. The topological polar surface area (TPSA) is 69.4 Å². The van der Waals surface area contributed by atoms with Crippen molar-refractivity contribution in [3.63, 3.8) is 0 Å². The van der Waals surface area contributed by atoms with E-state index in [9.17, 15) is 8.42 Å². The average Bonchev–Trinajstić information content (AvgIpc) is 2.15. The van der Waals surface area contributed by atoms with Gasteiger partial charge in [-0.25, -0.2) is 13.6 Å². The highest BCUT2D eigenvalue weighted by molar-refractivity contribution is 7.89. The van der Waals surface area contributed by atoms with Gasteiger partial charge in [0.2, 0.25) is 10.0 Å². The maximum atomic E-state index is 11.3. The van der Waals surface area contributed by atoms with Crippen LogP contribution in [0.1, 0.15) is 18.1 Å². The largest absolute Gasteiger partial charge is 0.496 e. The molecule has 0 saturated heterocycles. The Kier molecular flexibility index (Phi) is 3.36. The van der Waals surface area contributed by atoms with E-state index < -0.39 is 10.0 Å². The van der Waals surface area contributed by atoms with Gasteiger partial charge in [0.1, 0.15) is 5.75 Å². The molecule has 2 N–H and O–H groups in total. The summed E-state index contributed by atoms with van der Waals surface area (Å²) >= 11 is 0. The molecule has 0 fully saturated rings. The lowest BCUT2D eigenvalue weighted by atomic mass is 10.1. The monoisotopic (exact) mass is 229 g/mol. The standard InChI is InChI=1S/C10H15NO3S/c1-4-8-7(2)10(15(11,12)13)6-5-9(8)14-3/h5-6H,4H2,1-3H3,(H2,11,12,13). The SMILES string of the molecule is CCc1c(OC)ccc(S(N)(=O)=O)c1C. The van der Waals surface area contributed by atoms with Crippen LogP contribution < -0.4 is 9.88 Å². The van der Waals surface area contributed by atoms with E-state index in [1.807, 2.05) is 6.92 Å². The molecule has 0 aliphatic rings. The lowest BCUT2D eigenvalue weighted by Crippen LogP contribution is -2.14. The van der Waals surface area contributed by atoms with Crippen LogP contribution in [-0.4, -0.2) is 15.5 Å². The Hall–Kier alpha value is -1.07. The lowest BCUT2D eigenvalue weighted by molar-refractivity contribution is 0.409. The number of hydrogen-bond acceptors (Lipinski definition) is 3. The van der Waals surface area contributed by atoms with E-state index in [0.29, 0.717) is 17.7 Å². The number of ether oxygens (including phenoxy) is 1. The van der Waals surface area contributed by atoms with Crippen LogP contribution in [0.15, 0.2) is 17.0 Å². The summed E-state index contributed by atoms with van der Waals surface area (Å²) in [5, 5.41) is 5.10. The number of benzene rings is 1. The van der Waals surface area contributed by atoms with Crippen LogP contribution in [0.3, 0.4) is 0 Å². The molecule has 0 saturated carbocycles. The van der Waals surface area contributed by atoms with E-state index in [1.54, 1.807) is 20.1 Å². The zero-order valence-electron chi connectivity index (χ0n) is 9.07. The molecule has 0 atom stereocenters. The van der Waals surface area contributed by atoms with Crippen molar-refractivity contribution in [1.29, 1.82) is 0 Å². The van der Waals surface area contributed by atoms with Gasteiger partial charge in [-0.15, -0.1) is 0 Å². The zero-order valence-corrected chi connectivity index (χ0v) is 9.89. The maximum Gasteiger partial charge on any atom is 0.238 e. The van der Waals surface area contributed by atoms with Gasteiger partial charge >= 0.3 is 0 Å². The average molecular weight is 229 g/mol. The van der Waals surface area contributed by atoms with E-state index in [1.165, 1.54) is 6.07 Å². The fraction of sp³-hybridized carbons (Fsp3) is 0.400. The van der Waals surface area contributed by atoms with E-state index in [4.69, 9.17) is 9.88 Å². The van der Waals surface area contributed by atoms with Crippen molar-refractivity contribution < 1.29 is 13.2 Å². The molecule has 4 nitrogen and oxygen atoms in total. The molecule has 0 bridgehead atoms. The van der Waals surface area contributed by atoms with Gasteiger partial charge in [-0.05, 0) is 36.6 Å². The summed E-state index contributed by atoms with van der Waals surface area (Å²) in [5.74, 6) is 0.697. The predicted molar refractivity (Wildman–Crippen MR) is 58.5 cm³/mol. The van der Waals surface area contributed by atoms with E-state index in [-0.39, 0.29) is 4.90 Å². The Labute approximate surface area is 90.1 Å². The molecule has 1 rings (SSSR count). The van der Waals surface area contributed by atoms with Gasteiger partial charge in [-0.2, -0.15) is 0 Å². The van der Waals surface area contributed by atoms with Crippen molar-refractivity contribution in [3.8, 4) is 5.75 Å². The molecule has 84 valence electrons. The first-order chi connectivity index (χ1) is 6.91. The summed E-state index contributed by atoms with van der Waals surface area (Å²) in [6.07, 6.45) is 0.707. The Morgan fingerprint density at radius 2 is 2.00 bits per heavy atom. The quantitative estimate of drug-likeness (QED) is 0.847. The van der Waals surface area contributed by atoms with Crippen molar-refractivity contribution in [2.24, 2.45) is 5.14 Å². The number of hydrogen-bond donors (Lipinski definition) is 1. The minimum atomic E-state index is -3.65. The van der Waals surface area contributed by atoms with Crippen molar-refractivity contribution in [2.45, 2.75) is 25.2 Å². The Morgan fingerprint density at radius 3 is 2.40 bits per heavy atom. The molecule has 0 amide bonds. The molecule has 0 heterocycles. The van der Waals surface area contributed by atoms with Gasteiger partial charge in [0.15, 0.2) is 0 Å². The normalized spacial score (nSPS) is 11.5. The van der Waals surface area contributed by atoms with E-state index >= 15 is 0 Å². The minimum Gasteiger partial charge on any atom is -0.496 e. The third kappa shape index (κ3) is 2.30. The van der Waals surface area contributed by atoms with Gasteiger partial charge in [-0.3, -0.25) is 0 Å². The molecular weight excluding hydrogens is 214 g/mol. The van der Waals surface area contributed by atoms with E-state index in [2.05, 4.69) is 0 Å². The van der Waals surface area contributed by atoms with Crippen LogP contribution >= 0.6 is 0 Å². The Balaban J connectivity index is 3.50. The third-order valence-electron chi connectivity index (χ3n) is 2.39. The van der Waals surface area contributed by atoms with Crippen LogP contribution in [0.25, 0.3) is 0 Å². The van der Waals surface area contributed by atoms with Gasteiger partial charge in [-0.1, -0.05) is 6.92 Å². The molecule has 5 heteroatoms. The van der Waals surface area contributed by atoms with Gasteiger partial charge < -0.3 is 4.74 Å². The van der Waals surface area contributed by atoms with Crippen molar-refractivity contribution in [2.75, 3.05) is 7.11 Å². The zero-order chi connectivity index (χ0) is 11.6. The first-order valence-electron chi connectivity index (χ1n) is 4.61. The smallest absolute Gasteiger partial charge is 0.238 e. The Morgan fingerprint density at radius 1 is 1.40 bits per heavy atom. The summed E-state index contributed by atoms with van der Waals surface area (Å²) < 4.78 is 27.7. The number of nitrogens with two attached hydrogens (primary N) is 1. The molecule has 0 aromatic heterocycles. The number of primary sulfonamides is 1. The first-order valence-corrected chi connectivity index (χ1v) is 6.15. The van der Waals surface area contributed by atoms with Gasteiger partial charge in [0.05, 0.1) is 12.0 Å². The minimum absolute atomic E-state index is 0.167. The van der Waals surface area contributed by atoms with Gasteiger partial charge in [0, 0.05) is 0 Å². The Bertz CT molecular complexity index is 466. The number of methoxy groups -OCH3 is 1. The second-order valence-corrected chi connectivity index (χ2v) is 4.80. The number of rotatable bonds is 3. The highest BCUT2D eigenvalue weighted by Crippen LogP contribution is 2.27. The lowest BCUT2D eigenvalue weighted by Gasteiger charge is -2.12. The fourth-order valence-corrected chi connectivity index (χ4v) is 2.46. The van der Waals surface area contributed by atoms with Crippen LogP contribution in [-0.2, 0) is 16.4 Å². The molecule has 1 aromatic rings. The molecule has 0 radical (unpaired) electrons. The second-order valence-electron chi connectivity index (χ2n) is 3.27. The highest BCUT2D eigenvalue weighted by Gasteiger charge is 2.16. The maximum absolute atomic E-state index is 11.3. The fourth-order valence-electron chi connectivity index (χ4n) is 1.65. The summed E-state index contributed by atoms with van der Waals surface area (Å²) in [6.45, 7) is 3.68. The predicted octanol–water partition coefficient (Wildman–Crippen LogP) is 1.21. The molecule has 0 aliphatic heterocycles. The molecule has 0 spiro atoms. The van der Waals surface area contributed by atoms with Crippen LogP contribution in [0.5, 0.6) is 5.75 Å². The van der Waals surface area contributed by atoms with E-state index in [0.717, 1.165) is 5.56 Å². The van der Waals surface area contributed by atoms with Crippen molar-refractivity contribution in [3.05, 3.63) is 23.3 Å². The highest BCUT2D eigenvalue weighted by atomic mass is 32.2.